The molecule has 0 aliphatic rings. The van der Waals surface area contributed by atoms with Crippen molar-refractivity contribution in [1.82, 2.24) is 5.32 Å². The number of allylic oxidation sites excluding steroid dienone is 6. The van der Waals surface area contributed by atoms with Gasteiger partial charge in [-0.3, -0.25) is 9.59 Å². The minimum absolute atomic E-state index is 0.0144. The van der Waals surface area contributed by atoms with E-state index in [-0.39, 0.29) is 18.5 Å². The number of aliphatic hydroxyl groups is 2. The van der Waals surface area contributed by atoms with E-state index in [4.69, 9.17) is 4.74 Å². The summed E-state index contributed by atoms with van der Waals surface area (Å²) in [5.41, 5.74) is 0. The van der Waals surface area contributed by atoms with Crippen LogP contribution in [0.15, 0.2) is 36.5 Å². The van der Waals surface area contributed by atoms with Crippen molar-refractivity contribution in [3.05, 3.63) is 36.5 Å². The lowest BCUT2D eigenvalue weighted by Gasteiger charge is -2.22. The number of ether oxygens (including phenoxy) is 1. The van der Waals surface area contributed by atoms with Crippen molar-refractivity contribution < 1.29 is 24.5 Å². The topological polar surface area (TPSA) is 95.9 Å². The second kappa shape index (κ2) is 78.5. The van der Waals surface area contributed by atoms with Crippen molar-refractivity contribution in [2.75, 3.05) is 13.2 Å². The Bertz CT molecular complexity index is 1440. The molecule has 0 saturated heterocycles. The maximum absolute atomic E-state index is 12.6. The van der Waals surface area contributed by atoms with E-state index in [0.717, 1.165) is 51.4 Å². The largest absolute Gasteiger partial charge is 0.466 e. The molecule has 0 aromatic heterocycles. The number of nitrogens with one attached hydrogen (secondary N) is 1. The van der Waals surface area contributed by atoms with Gasteiger partial charge in [-0.1, -0.05) is 397 Å². The number of aliphatic hydroxyl groups excluding tert-OH is 2. The summed E-state index contributed by atoms with van der Waals surface area (Å²) in [4.78, 5) is 24.7. The number of hydrogen-bond donors (Lipinski definition) is 3. The fraction of sp³-hybridized carbons (Fsp3) is 0.904. The minimum atomic E-state index is -0.662. The maximum Gasteiger partial charge on any atom is 0.305 e. The number of hydrogen-bond acceptors (Lipinski definition) is 5. The summed E-state index contributed by atoms with van der Waals surface area (Å²) in [6.45, 7) is 4.97. The van der Waals surface area contributed by atoms with E-state index >= 15 is 0 Å². The molecule has 6 nitrogen and oxygen atoms in total. The molecule has 0 heterocycles. The highest BCUT2D eigenvalue weighted by Crippen LogP contribution is 2.20. The molecule has 0 aromatic rings. The smallest absolute Gasteiger partial charge is 0.305 e. The predicted molar refractivity (Wildman–Crippen MR) is 393 cm³/mol. The molecule has 6 heteroatoms. The Kier molecular flexibility index (Phi) is 76.8. The Labute approximate surface area is 557 Å². The summed E-state index contributed by atoms with van der Waals surface area (Å²) in [6, 6.07) is -0.539. The second-order valence-electron chi connectivity index (χ2n) is 28.1. The number of amides is 1. The molecule has 0 aliphatic carbocycles. The Morgan fingerprint density at radius 1 is 0.315 bits per heavy atom. The van der Waals surface area contributed by atoms with Crippen molar-refractivity contribution in [2.45, 2.75) is 469 Å². The van der Waals surface area contributed by atoms with Gasteiger partial charge in [0, 0.05) is 12.8 Å². The molecule has 2 unspecified atom stereocenters. The summed E-state index contributed by atoms with van der Waals surface area (Å²) in [5, 5.41) is 23.4. The van der Waals surface area contributed by atoms with Crippen molar-refractivity contribution in [1.29, 1.82) is 0 Å². The summed E-state index contributed by atoms with van der Waals surface area (Å²) in [5.74, 6) is -0.0122. The van der Waals surface area contributed by atoms with E-state index in [2.05, 4.69) is 55.6 Å². The minimum Gasteiger partial charge on any atom is -0.466 e. The molecule has 0 aliphatic heterocycles. The summed E-state index contributed by atoms with van der Waals surface area (Å²) in [6.07, 6.45) is 102. The van der Waals surface area contributed by atoms with Crippen LogP contribution in [0.1, 0.15) is 457 Å². The molecule has 0 aromatic carbocycles. The van der Waals surface area contributed by atoms with Gasteiger partial charge >= 0.3 is 5.97 Å². The van der Waals surface area contributed by atoms with E-state index in [0.29, 0.717) is 25.9 Å². The monoisotopic (exact) mass is 1250 g/mol. The number of esters is 1. The van der Waals surface area contributed by atoms with Crippen LogP contribution in [-0.4, -0.2) is 47.4 Å². The fourth-order valence-electron chi connectivity index (χ4n) is 13.0. The van der Waals surface area contributed by atoms with Crippen LogP contribution in [-0.2, 0) is 14.3 Å². The summed E-state index contributed by atoms with van der Waals surface area (Å²) < 4.78 is 5.51. The van der Waals surface area contributed by atoms with Crippen LogP contribution in [0.5, 0.6) is 0 Å². The Morgan fingerprint density at radius 2 is 0.562 bits per heavy atom. The fourth-order valence-corrected chi connectivity index (χ4v) is 13.0. The lowest BCUT2D eigenvalue weighted by atomic mass is 10.0. The second-order valence-corrected chi connectivity index (χ2v) is 28.1. The Morgan fingerprint density at radius 3 is 0.888 bits per heavy atom. The van der Waals surface area contributed by atoms with Gasteiger partial charge in [0.25, 0.3) is 0 Å². The molecular weight excluding hydrogens is 1090 g/mol. The van der Waals surface area contributed by atoms with E-state index in [1.165, 1.54) is 372 Å². The third kappa shape index (κ3) is 75.0. The molecule has 2 atom stereocenters. The van der Waals surface area contributed by atoms with Crippen LogP contribution in [0.4, 0.5) is 0 Å². The Balaban J connectivity index is 3.33. The van der Waals surface area contributed by atoms with Gasteiger partial charge in [0.2, 0.25) is 5.91 Å². The quantitative estimate of drug-likeness (QED) is 0.0320. The van der Waals surface area contributed by atoms with E-state index in [9.17, 15) is 19.8 Å². The first-order chi connectivity index (χ1) is 44.0. The van der Waals surface area contributed by atoms with Gasteiger partial charge in [-0.2, -0.15) is 0 Å². The standard InChI is InChI=1S/C83H159NO5/c1-3-5-7-9-11-13-15-17-19-21-44-47-51-55-59-63-67-71-75-81(86)80(79-85)84-82(87)76-72-68-64-60-56-52-48-45-41-39-37-35-33-31-29-27-25-23-22-24-26-28-30-32-34-36-38-40-42-46-50-54-58-62-66-70-74-78-89-83(88)77-73-69-65-61-57-53-49-43-20-18-16-14-12-10-8-6-4-2/h12,14,18,20,22,24,80-81,85-86H,3-11,13,15-17,19,21,23,25-79H2,1-2H3,(H,84,87)/b14-12-,20-18-,24-22-. The highest BCUT2D eigenvalue weighted by Gasteiger charge is 2.20. The number of unbranched alkanes of at least 4 members (excludes halogenated alkanes) is 60. The van der Waals surface area contributed by atoms with Gasteiger partial charge in [0.15, 0.2) is 0 Å². The van der Waals surface area contributed by atoms with Crippen LogP contribution in [0, 0.1) is 0 Å². The van der Waals surface area contributed by atoms with Gasteiger partial charge in [-0.15, -0.1) is 0 Å². The van der Waals surface area contributed by atoms with Crippen LogP contribution in [0.25, 0.3) is 0 Å². The number of carbonyl (C=O) groups is 2. The molecule has 0 bridgehead atoms. The first kappa shape index (κ1) is 87.1. The Hall–Kier alpha value is -1.92. The van der Waals surface area contributed by atoms with Gasteiger partial charge in [-0.25, -0.2) is 0 Å². The van der Waals surface area contributed by atoms with Crippen molar-refractivity contribution in [3.63, 3.8) is 0 Å². The molecule has 0 radical (unpaired) electrons. The van der Waals surface area contributed by atoms with Gasteiger partial charge < -0.3 is 20.3 Å². The van der Waals surface area contributed by atoms with Crippen LogP contribution >= 0.6 is 0 Å². The average Bonchev–Trinajstić information content (AvgIpc) is 3.68. The SMILES string of the molecule is CCCCC/C=C\C/C=C\CCCCCCCCCC(=O)OCCCCCCCCCCCCCCCCCC/C=C\CCCCCCCCCCCCCCCCCCCC(=O)NC(CO)C(O)CCCCCCCCCCCCCCCCCCCC. The normalized spacial score (nSPS) is 12.6. The van der Waals surface area contributed by atoms with Crippen molar-refractivity contribution in [3.8, 4) is 0 Å². The molecule has 89 heavy (non-hydrogen) atoms. The molecule has 526 valence electrons. The van der Waals surface area contributed by atoms with Gasteiger partial charge in [0.05, 0.1) is 25.4 Å². The zero-order chi connectivity index (χ0) is 64.2. The first-order valence-electron chi connectivity index (χ1n) is 40.7. The maximum atomic E-state index is 12.6. The van der Waals surface area contributed by atoms with Crippen LogP contribution < -0.4 is 5.32 Å². The number of carbonyl (C=O) groups excluding carboxylic acids is 2. The highest BCUT2D eigenvalue weighted by molar-refractivity contribution is 5.76. The first-order valence-corrected chi connectivity index (χ1v) is 40.7. The molecule has 0 saturated carbocycles. The van der Waals surface area contributed by atoms with Crippen LogP contribution in [0.2, 0.25) is 0 Å². The molecule has 1 amide bonds. The molecule has 0 spiro atoms. The van der Waals surface area contributed by atoms with E-state index in [1.807, 2.05) is 0 Å². The zero-order valence-corrected chi connectivity index (χ0v) is 60.4. The predicted octanol–water partition coefficient (Wildman–Crippen LogP) is 27.0. The van der Waals surface area contributed by atoms with Gasteiger partial charge in [-0.05, 0) is 83.5 Å². The summed E-state index contributed by atoms with van der Waals surface area (Å²) in [7, 11) is 0. The van der Waals surface area contributed by atoms with E-state index < -0.39 is 12.1 Å². The molecule has 3 N–H and O–H groups in total. The molecule has 0 fully saturated rings. The third-order valence-corrected chi connectivity index (χ3v) is 19.2. The number of rotatable bonds is 77. The summed E-state index contributed by atoms with van der Waals surface area (Å²) >= 11 is 0. The van der Waals surface area contributed by atoms with Crippen molar-refractivity contribution in [2.24, 2.45) is 0 Å². The molecular formula is C83H159NO5. The lowest BCUT2D eigenvalue weighted by molar-refractivity contribution is -0.143. The van der Waals surface area contributed by atoms with E-state index in [1.54, 1.807) is 0 Å². The van der Waals surface area contributed by atoms with Crippen LogP contribution in [0.3, 0.4) is 0 Å². The highest BCUT2D eigenvalue weighted by atomic mass is 16.5. The third-order valence-electron chi connectivity index (χ3n) is 19.2. The average molecular weight is 1250 g/mol. The molecule has 0 rings (SSSR count). The zero-order valence-electron chi connectivity index (χ0n) is 60.4. The van der Waals surface area contributed by atoms with Gasteiger partial charge in [0.1, 0.15) is 0 Å². The lowest BCUT2D eigenvalue weighted by Crippen LogP contribution is -2.45. The van der Waals surface area contributed by atoms with Crippen molar-refractivity contribution >= 4 is 11.9 Å².